The van der Waals surface area contributed by atoms with Crippen LogP contribution in [0.15, 0.2) is 20.1 Å². The minimum Gasteiger partial charge on any atom is -0.481 e. The second kappa shape index (κ2) is 10.3. The molecule has 0 bridgehead atoms. The molecule has 0 heterocycles. The van der Waals surface area contributed by atoms with Crippen molar-refractivity contribution >= 4 is 29.9 Å². The first kappa shape index (κ1) is 16.1. The Kier molecular flexibility index (Phi) is 9.74. The highest BCUT2D eigenvalue weighted by molar-refractivity contribution is 8.01. The molecule has 6 nitrogen and oxygen atoms in total. The fourth-order valence-corrected chi connectivity index (χ4v) is 2.27. The van der Waals surface area contributed by atoms with Crippen molar-refractivity contribution in [3.8, 4) is 0 Å². The van der Waals surface area contributed by atoms with E-state index < -0.39 is 5.97 Å². The summed E-state index contributed by atoms with van der Waals surface area (Å²) in [6.45, 7) is 1.72. The monoisotopic (exact) mass is 278 g/mol. The van der Waals surface area contributed by atoms with Crippen molar-refractivity contribution in [3.63, 3.8) is 0 Å². The maximum Gasteiger partial charge on any atom is 0.303 e. The van der Waals surface area contributed by atoms with E-state index in [-0.39, 0.29) is 11.7 Å². The zero-order valence-corrected chi connectivity index (χ0v) is 11.0. The second-order valence-corrected chi connectivity index (χ2v) is 5.24. The Balaban J connectivity index is 4.05. The third-order valence-corrected chi connectivity index (χ3v) is 3.14. The van der Waals surface area contributed by atoms with Gasteiger partial charge in [0.1, 0.15) is 0 Å². The van der Waals surface area contributed by atoms with Crippen LogP contribution < -0.4 is 0 Å². The molecule has 0 radical (unpaired) electrons. The number of hydrogen-bond donors (Lipinski definition) is 1. The molecule has 0 aliphatic rings. The lowest BCUT2D eigenvalue weighted by Gasteiger charge is -2.07. The first-order chi connectivity index (χ1) is 8.10. The number of allylic oxidation sites excluding steroid dienone is 1. The summed E-state index contributed by atoms with van der Waals surface area (Å²) in [6, 6.07) is 0. The van der Waals surface area contributed by atoms with Gasteiger partial charge in [0.25, 0.3) is 0 Å². The van der Waals surface area contributed by atoms with Crippen LogP contribution in [0.25, 0.3) is 0 Å². The number of rotatable bonds is 10. The summed E-state index contributed by atoms with van der Waals surface area (Å²) < 4.78 is 5.42. The van der Waals surface area contributed by atoms with Crippen LogP contribution in [0.5, 0.6) is 0 Å². The van der Waals surface area contributed by atoms with Gasteiger partial charge in [-0.15, -0.1) is 9.81 Å². The van der Waals surface area contributed by atoms with Crippen molar-refractivity contribution in [2.75, 3.05) is 0 Å². The van der Waals surface area contributed by atoms with Crippen LogP contribution in [0, 0.1) is 9.81 Å². The average molecular weight is 278 g/mol. The topological polar surface area (TPSA) is 96.2 Å². The lowest BCUT2D eigenvalue weighted by molar-refractivity contribution is -0.137. The Morgan fingerprint density at radius 2 is 2.06 bits per heavy atom. The van der Waals surface area contributed by atoms with Crippen molar-refractivity contribution in [1.29, 1.82) is 0 Å². The first-order valence-corrected chi connectivity index (χ1v) is 6.59. The zero-order chi connectivity index (χ0) is 13.1. The molecule has 96 valence electrons. The summed E-state index contributed by atoms with van der Waals surface area (Å²) >= 11 is 1.69. The zero-order valence-electron chi connectivity index (χ0n) is 9.37. The average Bonchev–Trinajstić information content (AvgIpc) is 2.24. The van der Waals surface area contributed by atoms with E-state index in [1.165, 1.54) is 0 Å². The molecule has 8 heteroatoms. The van der Waals surface area contributed by atoms with Crippen molar-refractivity contribution in [1.82, 2.24) is 0 Å². The molecule has 0 aromatic heterocycles. The normalized spacial score (nSPS) is 13.1. The third-order valence-electron chi connectivity index (χ3n) is 1.91. The summed E-state index contributed by atoms with van der Waals surface area (Å²) in [5, 5.41) is 8.33. The molecule has 0 fully saturated rings. The van der Waals surface area contributed by atoms with Crippen LogP contribution in [0.4, 0.5) is 0 Å². The Labute approximate surface area is 108 Å². The summed E-state index contributed by atoms with van der Waals surface area (Å²) in [5.74, 6) is -0.824. The molecule has 0 aliphatic heterocycles. The maximum atomic E-state index is 10.3. The first-order valence-electron chi connectivity index (χ1n) is 4.98. The van der Waals surface area contributed by atoms with Gasteiger partial charge in [0.05, 0.1) is 11.9 Å². The van der Waals surface area contributed by atoms with E-state index in [1.54, 1.807) is 13.0 Å². The lowest BCUT2D eigenvalue weighted by Crippen LogP contribution is -2.00. The molecule has 1 unspecified atom stereocenters. The van der Waals surface area contributed by atoms with Gasteiger partial charge in [-0.25, -0.2) is 0 Å². The highest BCUT2D eigenvalue weighted by Crippen LogP contribution is 2.25. The highest BCUT2D eigenvalue weighted by atomic mass is 32.2. The minimum absolute atomic E-state index is 0.124. The van der Waals surface area contributed by atoms with Crippen LogP contribution in [-0.4, -0.2) is 16.3 Å². The predicted molar refractivity (Wildman–Crippen MR) is 70.4 cm³/mol. The fraction of sp³-hybridized carbons (Fsp3) is 0.667. The molecule has 0 aliphatic carbocycles. The fourth-order valence-electron chi connectivity index (χ4n) is 1.19. The van der Waals surface area contributed by atoms with Gasteiger partial charge in [0, 0.05) is 37.7 Å². The molecular weight excluding hydrogens is 264 g/mol. The van der Waals surface area contributed by atoms with E-state index in [2.05, 4.69) is 9.16 Å². The van der Waals surface area contributed by atoms with E-state index in [1.807, 2.05) is 0 Å². The van der Waals surface area contributed by atoms with Crippen molar-refractivity contribution < 1.29 is 9.90 Å². The molecule has 1 atom stereocenters. The Morgan fingerprint density at radius 3 is 2.59 bits per heavy atom. The number of aliphatic carboxylic acids is 1. The summed E-state index contributed by atoms with van der Waals surface area (Å²) in [5.41, 5.74) is 0. The number of carboxylic acids is 1. The molecule has 0 aromatic rings. The standard InChI is InChI=1S/C9H14N2O4S2/c1-7(16-10-14)6-8(17-11-15)4-2-3-5-9(12)13/h6,8H,2-5H2,1H3,(H,12,13)/b7-6-. The molecule has 0 aromatic carbocycles. The number of hydrogen-bond acceptors (Lipinski definition) is 7. The smallest absolute Gasteiger partial charge is 0.303 e. The van der Waals surface area contributed by atoms with Crippen LogP contribution in [0.3, 0.4) is 0 Å². The number of nitroso groups, excluding NO2 is 2. The van der Waals surface area contributed by atoms with Gasteiger partial charge in [-0.1, -0.05) is 12.5 Å². The molecule has 1 N–H and O–H groups in total. The van der Waals surface area contributed by atoms with E-state index in [4.69, 9.17) is 5.11 Å². The van der Waals surface area contributed by atoms with Gasteiger partial charge in [0.15, 0.2) is 0 Å². The molecule has 0 saturated heterocycles. The van der Waals surface area contributed by atoms with E-state index in [9.17, 15) is 14.6 Å². The summed E-state index contributed by atoms with van der Waals surface area (Å²) in [7, 11) is 0. The van der Waals surface area contributed by atoms with Crippen LogP contribution in [0.2, 0.25) is 0 Å². The van der Waals surface area contributed by atoms with Crippen LogP contribution >= 0.6 is 23.9 Å². The van der Waals surface area contributed by atoms with Crippen molar-refractivity contribution in [2.45, 2.75) is 37.9 Å². The number of carbonyl (C=O) groups is 1. The SMILES string of the molecule is C/C(=C/C(CCCCC(=O)O)SN=O)SN=O. The summed E-state index contributed by atoms with van der Waals surface area (Å²) in [6.07, 6.45) is 3.79. The maximum absolute atomic E-state index is 10.3. The number of nitrogens with zero attached hydrogens (tertiary/aromatic N) is 2. The lowest BCUT2D eigenvalue weighted by atomic mass is 10.1. The molecule has 0 spiro atoms. The van der Waals surface area contributed by atoms with Gasteiger partial charge >= 0.3 is 5.97 Å². The van der Waals surface area contributed by atoms with Gasteiger partial charge in [-0.05, 0) is 19.8 Å². The molecule has 0 rings (SSSR count). The predicted octanol–water partition coefficient (Wildman–Crippen LogP) is 3.73. The Hall–Kier alpha value is -0.890. The largest absolute Gasteiger partial charge is 0.481 e. The number of carboxylic acid groups (broad SMARTS) is 1. The van der Waals surface area contributed by atoms with E-state index >= 15 is 0 Å². The van der Waals surface area contributed by atoms with Crippen molar-refractivity contribution in [2.24, 2.45) is 9.16 Å². The molecular formula is C9H14N2O4S2. The van der Waals surface area contributed by atoms with E-state index in [0.717, 1.165) is 23.9 Å². The van der Waals surface area contributed by atoms with Gasteiger partial charge in [-0.2, -0.15) is 0 Å². The van der Waals surface area contributed by atoms with Gasteiger partial charge in [-0.3, -0.25) is 4.79 Å². The second-order valence-electron chi connectivity index (χ2n) is 3.30. The van der Waals surface area contributed by atoms with Crippen molar-refractivity contribution in [3.05, 3.63) is 20.8 Å². The summed E-state index contributed by atoms with van der Waals surface area (Å²) in [4.78, 5) is 31.2. The van der Waals surface area contributed by atoms with Crippen LogP contribution in [-0.2, 0) is 4.79 Å². The molecule has 17 heavy (non-hydrogen) atoms. The quantitative estimate of drug-likeness (QED) is 0.371. The molecule has 0 amide bonds. The Morgan fingerprint density at radius 1 is 1.35 bits per heavy atom. The minimum atomic E-state index is -0.824. The van der Waals surface area contributed by atoms with Gasteiger partial charge < -0.3 is 5.11 Å². The number of unbranched alkanes of at least 4 members (excludes halogenated alkanes) is 1. The Bertz CT molecular complexity index is 297. The van der Waals surface area contributed by atoms with Crippen LogP contribution in [0.1, 0.15) is 32.6 Å². The van der Waals surface area contributed by atoms with E-state index in [0.29, 0.717) is 24.2 Å². The molecule has 0 saturated carbocycles. The highest BCUT2D eigenvalue weighted by Gasteiger charge is 2.08. The third kappa shape index (κ3) is 10.0. The van der Waals surface area contributed by atoms with Gasteiger partial charge in [0.2, 0.25) is 0 Å².